The van der Waals surface area contributed by atoms with Gasteiger partial charge in [0.05, 0.1) is 11.1 Å². The van der Waals surface area contributed by atoms with Crippen molar-refractivity contribution in [1.82, 2.24) is 4.57 Å². The van der Waals surface area contributed by atoms with Crippen molar-refractivity contribution in [3.63, 3.8) is 0 Å². The number of aliphatic hydroxyl groups excluding tert-OH is 1. The lowest BCUT2D eigenvalue weighted by atomic mass is 9.95. The molecule has 0 unspecified atom stereocenters. The number of nitrogens with zero attached hydrogens (tertiary/aromatic N) is 1. The van der Waals surface area contributed by atoms with Crippen LogP contribution in [0, 0.1) is 6.92 Å². The number of aromatic nitrogens is 1. The fraction of sp³-hybridized carbons (Fsp3) is 0.500. The lowest BCUT2D eigenvalue weighted by Gasteiger charge is -2.11. The molecule has 0 saturated carbocycles. The van der Waals surface area contributed by atoms with Crippen LogP contribution in [0.15, 0.2) is 12.1 Å². The number of benzene rings is 1. The second-order valence-corrected chi connectivity index (χ2v) is 6.26. The molecule has 4 N–H and O–H groups in total. The maximum Gasteiger partial charge on any atom is 0.337 e. The third-order valence-corrected chi connectivity index (χ3v) is 4.40. The molecule has 1 aromatic heterocycles. The van der Waals surface area contributed by atoms with Gasteiger partial charge in [-0.3, -0.25) is 0 Å². The highest BCUT2D eigenvalue weighted by Crippen LogP contribution is 2.33. The maximum atomic E-state index is 11.8. The zero-order chi connectivity index (χ0) is 17.1. The number of carboxylic acids is 1. The first-order valence-corrected chi connectivity index (χ1v) is 8.12. The summed E-state index contributed by atoms with van der Waals surface area (Å²) in [5.74, 6) is -0.664. The fourth-order valence-corrected chi connectivity index (χ4v) is 3.18. The summed E-state index contributed by atoms with van der Waals surface area (Å²) >= 11 is 0. The van der Waals surface area contributed by atoms with Gasteiger partial charge in [0.2, 0.25) is 0 Å². The van der Waals surface area contributed by atoms with Gasteiger partial charge in [0.25, 0.3) is 0 Å². The summed E-state index contributed by atoms with van der Waals surface area (Å²) in [6, 6.07) is 3.87. The Morgan fingerprint density at radius 3 is 2.57 bits per heavy atom. The van der Waals surface area contributed by atoms with E-state index < -0.39 is 5.97 Å². The molecule has 0 bridgehead atoms. The molecule has 2 aromatic rings. The quantitative estimate of drug-likeness (QED) is 0.732. The predicted octanol–water partition coefficient (Wildman–Crippen LogP) is 2.65. The number of hydrogen-bond donors (Lipinski definition) is 3. The number of nitrogens with two attached hydrogens (primary N) is 1. The van der Waals surface area contributed by atoms with Crippen molar-refractivity contribution in [2.45, 2.75) is 46.1 Å². The van der Waals surface area contributed by atoms with Crippen LogP contribution in [0.2, 0.25) is 0 Å². The van der Waals surface area contributed by atoms with Crippen LogP contribution in [-0.4, -0.2) is 33.9 Å². The van der Waals surface area contributed by atoms with Crippen molar-refractivity contribution < 1.29 is 15.0 Å². The Bertz CT molecular complexity index is 717. The van der Waals surface area contributed by atoms with Gasteiger partial charge in [0, 0.05) is 30.8 Å². The van der Waals surface area contributed by atoms with Crippen molar-refractivity contribution in [1.29, 1.82) is 0 Å². The minimum atomic E-state index is -0.915. The molecule has 0 saturated heterocycles. The van der Waals surface area contributed by atoms with Crippen LogP contribution in [0.25, 0.3) is 10.9 Å². The summed E-state index contributed by atoms with van der Waals surface area (Å²) in [5, 5.41) is 19.8. The van der Waals surface area contributed by atoms with Crippen molar-refractivity contribution in [2.24, 2.45) is 5.73 Å². The molecule has 0 aliphatic rings. The van der Waals surface area contributed by atoms with Crippen LogP contribution < -0.4 is 5.73 Å². The molecule has 0 amide bonds. The monoisotopic (exact) mass is 318 g/mol. The predicted molar refractivity (Wildman–Crippen MR) is 92.2 cm³/mol. The molecular formula is C18H26N2O3. The van der Waals surface area contributed by atoms with E-state index >= 15 is 0 Å². The van der Waals surface area contributed by atoms with Gasteiger partial charge in [-0.15, -0.1) is 0 Å². The third kappa shape index (κ3) is 3.26. The molecule has 0 atom stereocenters. The van der Waals surface area contributed by atoms with E-state index in [2.05, 4.69) is 19.9 Å². The van der Waals surface area contributed by atoms with Gasteiger partial charge >= 0.3 is 5.97 Å². The second kappa shape index (κ2) is 7.15. The van der Waals surface area contributed by atoms with Crippen LogP contribution in [0.4, 0.5) is 0 Å². The van der Waals surface area contributed by atoms with Crippen molar-refractivity contribution in [3.05, 3.63) is 34.5 Å². The molecule has 2 rings (SSSR count). The van der Waals surface area contributed by atoms with E-state index in [1.54, 1.807) is 6.07 Å². The first-order chi connectivity index (χ1) is 10.9. The number of aromatic carboxylic acids is 1. The van der Waals surface area contributed by atoms with E-state index in [0.717, 1.165) is 34.1 Å². The molecule has 126 valence electrons. The smallest absolute Gasteiger partial charge is 0.337 e. The Labute approximate surface area is 136 Å². The van der Waals surface area contributed by atoms with E-state index in [4.69, 9.17) is 10.8 Å². The summed E-state index contributed by atoms with van der Waals surface area (Å²) in [7, 11) is 0. The van der Waals surface area contributed by atoms with Gasteiger partial charge in [-0.2, -0.15) is 0 Å². The first kappa shape index (κ1) is 17.5. The standard InChI is InChI=1S/C18H26N2O3/c1-11(2)13-9-15-14(5-4-8-21)12(3)20(7-6-19)17(15)16(10-13)18(22)23/h9-11,21H,4-8,19H2,1-3H3,(H,22,23). The lowest BCUT2D eigenvalue weighted by Crippen LogP contribution is -2.13. The second-order valence-electron chi connectivity index (χ2n) is 6.26. The van der Waals surface area contributed by atoms with E-state index in [1.807, 2.05) is 11.5 Å². The van der Waals surface area contributed by atoms with Crippen molar-refractivity contribution >= 4 is 16.9 Å². The number of aryl methyl sites for hydroxylation is 1. The molecule has 0 aliphatic carbocycles. The topological polar surface area (TPSA) is 88.5 Å². The van der Waals surface area contributed by atoms with Crippen LogP contribution in [0.1, 0.15) is 53.4 Å². The van der Waals surface area contributed by atoms with Crippen LogP contribution in [0.3, 0.4) is 0 Å². The van der Waals surface area contributed by atoms with E-state index in [1.165, 1.54) is 0 Å². The molecule has 0 fully saturated rings. The summed E-state index contributed by atoms with van der Waals surface area (Å²) in [4.78, 5) is 11.8. The van der Waals surface area contributed by atoms with Gasteiger partial charge < -0.3 is 20.5 Å². The molecule has 0 radical (unpaired) electrons. The minimum absolute atomic E-state index is 0.124. The zero-order valence-corrected chi connectivity index (χ0v) is 14.1. The van der Waals surface area contributed by atoms with Gasteiger partial charge in [-0.05, 0) is 48.9 Å². The number of fused-ring (bicyclic) bond motifs is 1. The summed E-state index contributed by atoms with van der Waals surface area (Å²) in [6.45, 7) is 7.29. The highest BCUT2D eigenvalue weighted by molar-refractivity contribution is 6.04. The SMILES string of the molecule is Cc1c(CCCO)c2cc(C(C)C)cc(C(=O)O)c2n1CCN. The molecule has 5 nitrogen and oxygen atoms in total. The Morgan fingerprint density at radius 1 is 1.35 bits per heavy atom. The largest absolute Gasteiger partial charge is 0.478 e. The Morgan fingerprint density at radius 2 is 2.04 bits per heavy atom. The average molecular weight is 318 g/mol. The van der Waals surface area contributed by atoms with Gasteiger partial charge in [0.1, 0.15) is 0 Å². The Hall–Kier alpha value is -1.85. The Balaban J connectivity index is 2.83. The van der Waals surface area contributed by atoms with E-state index in [0.29, 0.717) is 25.1 Å². The van der Waals surface area contributed by atoms with Gasteiger partial charge in [0.15, 0.2) is 0 Å². The average Bonchev–Trinajstić information content (AvgIpc) is 2.77. The summed E-state index contributed by atoms with van der Waals surface area (Å²) in [6.07, 6.45) is 1.40. The number of carboxylic acid groups (broad SMARTS) is 1. The summed E-state index contributed by atoms with van der Waals surface area (Å²) < 4.78 is 2.01. The van der Waals surface area contributed by atoms with Crippen molar-refractivity contribution in [3.8, 4) is 0 Å². The van der Waals surface area contributed by atoms with Gasteiger partial charge in [-0.1, -0.05) is 13.8 Å². The number of hydrogen-bond acceptors (Lipinski definition) is 3. The molecular weight excluding hydrogens is 292 g/mol. The molecule has 1 heterocycles. The van der Waals surface area contributed by atoms with E-state index in [-0.39, 0.29) is 12.5 Å². The lowest BCUT2D eigenvalue weighted by molar-refractivity contribution is 0.0698. The Kier molecular flexibility index (Phi) is 5.44. The van der Waals surface area contributed by atoms with E-state index in [9.17, 15) is 9.90 Å². The molecule has 5 heteroatoms. The molecule has 0 aliphatic heterocycles. The van der Waals surface area contributed by atoms with Crippen LogP contribution in [0.5, 0.6) is 0 Å². The number of carbonyl (C=O) groups is 1. The number of rotatable bonds is 7. The van der Waals surface area contributed by atoms with Crippen LogP contribution >= 0.6 is 0 Å². The normalized spacial score (nSPS) is 11.6. The molecule has 1 aromatic carbocycles. The zero-order valence-electron chi connectivity index (χ0n) is 14.1. The summed E-state index contributed by atoms with van der Waals surface area (Å²) in [5.41, 5.74) is 9.99. The number of aliphatic hydroxyl groups is 1. The third-order valence-electron chi connectivity index (χ3n) is 4.40. The highest BCUT2D eigenvalue weighted by Gasteiger charge is 2.21. The van der Waals surface area contributed by atoms with Crippen molar-refractivity contribution in [2.75, 3.05) is 13.2 Å². The molecule has 0 spiro atoms. The highest BCUT2D eigenvalue weighted by atomic mass is 16.4. The van der Waals surface area contributed by atoms with Crippen LogP contribution in [-0.2, 0) is 13.0 Å². The molecule has 23 heavy (non-hydrogen) atoms. The minimum Gasteiger partial charge on any atom is -0.478 e. The fourth-order valence-electron chi connectivity index (χ4n) is 3.18. The van der Waals surface area contributed by atoms with Gasteiger partial charge in [-0.25, -0.2) is 4.79 Å². The first-order valence-electron chi connectivity index (χ1n) is 8.12. The maximum absolute atomic E-state index is 11.8.